The standard InChI is InChI=1S/C26H22N2O4S/c29-24(21-13-11-20(12-14-21)18-32-22-9-5-2-6-10-22)27-15-16-28-25(30)23(33-26(28)31)17-19-7-3-1-4-8-19/h1-14,17H,15-16,18H2,(H,27,29). The minimum atomic E-state index is -0.342. The Hall–Kier alpha value is -3.84. The van der Waals surface area contributed by atoms with Crippen LogP contribution in [-0.2, 0) is 11.4 Å². The van der Waals surface area contributed by atoms with E-state index in [-0.39, 0.29) is 30.1 Å². The van der Waals surface area contributed by atoms with Crippen molar-refractivity contribution in [2.45, 2.75) is 6.61 Å². The lowest BCUT2D eigenvalue weighted by Gasteiger charge is -2.13. The van der Waals surface area contributed by atoms with Crippen LogP contribution in [0.1, 0.15) is 21.5 Å². The third kappa shape index (κ3) is 5.90. The van der Waals surface area contributed by atoms with Gasteiger partial charge in [-0.2, -0.15) is 0 Å². The fourth-order valence-electron chi connectivity index (χ4n) is 3.21. The number of imide groups is 1. The van der Waals surface area contributed by atoms with Gasteiger partial charge in [-0.05, 0) is 53.2 Å². The van der Waals surface area contributed by atoms with Crippen LogP contribution in [0.15, 0.2) is 89.8 Å². The van der Waals surface area contributed by atoms with Gasteiger partial charge in [0.25, 0.3) is 17.1 Å². The fraction of sp³-hybridized carbons (Fsp3) is 0.115. The molecular weight excluding hydrogens is 436 g/mol. The van der Waals surface area contributed by atoms with Crippen molar-refractivity contribution >= 4 is 34.9 Å². The van der Waals surface area contributed by atoms with Crippen molar-refractivity contribution in [2.24, 2.45) is 0 Å². The number of para-hydroxylation sites is 1. The lowest BCUT2D eigenvalue weighted by atomic mass is 10.1. The number of ether oxygens (including phenoxy) is 1. The first-order valence-corrected chi connectivity index (χ1v) is 11.3. The number of hydrogen-bond acceptors (Lipinski definition) is 5. The first-order chi connectivity index (χ1) is 16.1. The average molecular weight is 459 g/mol. The molecule has 1 aliphatic heterocycles. The van der Waals surface area contributed by atoms with Gasteiger partial charge < -0.3 is 10.1 Å². The Bertz CT molecular complexity index is 1160. The van der Waals surface area contributed by atoms with Crippen LogP contribution in [0.3, 0.4) is 0 Å². The largest absolute Gasteiger partial charge is 0.489 e. The second kappa shape index (κ2) is 10.7. The summed E-state index contributed by atoms with van der Waals surface area (Å²) in [6.45, 7) is 0.696. The minimum Gasteiger partial charge on any atom is -0.489 e. The molecule has 3 amide bonds. The topological polar surface area (TPSA) is 75.7 Å². The lowest BCUT2D eigenvalue weighted by molar-refractivity contribution is -0.122. The number of carbonyl (C=O) groups excluding carboxylic acids is 3. The van der Waals surface area contributed by atoms with Crippen LogP contribution in [0.5, 0.6) is 5.75 Å². The van der Waals surface area contributed by atoms with Gasteiger partial charge in [-0.15, -0.1) is 0 Å². The van der Waals surface area contributed by atoms with Crippen molar-refractivity contribution in [3.05, 3.63) is 107 Å². The maximum atomic E-state index is 12.6. The zero-order valence-corrected chi connectivity index (χ0v) is 18.6. The van der Waals surface area contributed by atoms with E-state index in [0.717, 1.165) is 33.5 Å². The Morgan fingerprint density at radius 1 is 0.909 bits per heavy atom. The zero-order chi connectivity index (χ0) is 23.0. The van der Waals surface area contributed by atoms with Gasteiger partial charge >= 0.3 is 0 Å². The van der Waals surface area contributed by atoms with Crippen molar-refractivity contribution in [2.75, 3.05) is 13.1 Å². The average Bonchev–Trinajstić information content (AvgIpc) is 3.11. The summed E-state index contributed by atoms with van der Waals surface area (Å²) in [6.07, 6.45) is 1.70. The summed E-state index contributed by atoms with van der Waals surface area (Å²) in [7, 11) is 0. The molecule has 1 N–H and O–H groups in total. The van der Waals surface area contributed by atoms with Crippen LogP contribution < -0.4 is 10.1 Å². The Balaban J connectivity index is 1.26. The molecule has 1 fully saturated rings. The molecule has 0 radical (unpaired) electrons. The van der Waals surface area contributed by atoms with Gasteiger partial charge in [0.1, 0.15) is 12.4 Å². The van der Waals surface area contributed by atoms with Crippen molar-refractivity contribution < 1.29 is 19.1 Å². The molecule has 1 heterocycles. The Morgan fingerprint density at radius 2 is 1.58 bits per heavy atom. The molecular formula is C26H22N2O4S. The van der Waals surface area contributed by atoms with Crippen molar-refractivity contribution in [1.82, 2.24) is 10.2 Å². The predicted molar refractivity (Wildman–Crippen MR) is 129 cm³/mol. The number of nitrogens with one attached hydrogen (secondary N) is 1. The molecule has 6 nitrogen and oxygen atoms in total. The van der Waals surface area contributed by atoms with Crippen molar-refractivity contribution in [1.29, 1.82) is 0 Å². The van der Waals surface area contributed by atoms with Gasteiger partial charge in [0.2, 0.25) is 0 Å². The van der Waals surface area contributed by atoms with Gasteiger partial charge in [-0.1, -0.05) is 60.7 Å². The fourth-order valence-corrected chi connectivity index (χ4v) is 4.08. The number of hydrogen-bond donors (Lipinski definition) is 1. The molecule has 1 aliphatic rings. The Kier molecular flexibility index (Phi) is 7.22. The first-order valence-electron chi connectivity index (χ1n) is 10.5. The molecule has 0 saturated carbocycles. The predicted octanol–water partition coefficient (Wildman–Crippen LogP) is 4.73. The molecule has 0 aliphatic carbocycles. The van der Waals surface area contributed by atoms with Crippen LogP contribution >= 0.6 is 11.8 Å². The highest BCUT2D eigenvalue weighted by Crippen LogP contribution is 2.31. The van der Waals surface area contributed by atoms with Gasteiger partial charge in [0, 0.05) is 18.7 Å². The highest BCUT2D eigenvalue weighted by atomic mass is 32.2. The van der Waals surface area contributed by atoms with E-state index in [1.807, 2.05) is 72.8 Å². The molecule has 3 aromatic carbocycles. The smallest absolute Gasteiger partial charge is 0.293 e. The zero-order valence-electron chi connectivity index (χ0n) is 17.8. The van der Waals surface area contributed by atoms with E-state index < -0.39 is 0 Å². The molecule has 166 valence electrons. The number of nitrogens with zero attached hydrogens (tertiary/aromatic N) is 1. The van der Waals surface area contributed by atoms with Gasteiger partial charge in [0.15, 0.2) is 0 Å². The quantitative estimate of drug-likeness (QED) is 0.494. The van der Waals surface area contributed by atoms with E-state index in [9.17, 15) is 14.4 Å². The van der Waals surface area contributed by atoms with E-state index in [0.29, 0.717) is 17.1 Å². The van der Waals surface area contributed by atoms with E-state index in [1.54, 1.807) is 18.2 Å². The van der Waals surface area contributed by atoms with Crippen LogP contribution in [0.2, 0.25) is 0 Å². The number of carbonyl (C=O) groups is 3. The normalized spacial score (nSPS) is 14.5. The lowest BCUT2D eigenvalue weighted by Crippen LogP contribution is -2.37. The van der Waals surface area contributed by atoms with Crippen LogP contribution in [-0.4, -0.2) is 35.0 Å². The highest BCUT2D eigenvalue weighted by molar-refractivity contribution is 8.18. The molecule has 0 aromatic heterocycles. The van der Waals surface area contributed by atoms with Crippen molar-refractivity contribution in [3.8, 4) is 5.75 Å². The maximum absolute atomic E-state index is 12.6. The monoisotopic (exact) mass is 458 g/mol. The summed E-state index contributed by atoms with van der Waals surface area (Å²) in [5, 5.41) is 2.43. The first kappa shape index (κ1) is 22.4. The highest BCUT2D eigenvalue weighted by Gasteiger charge is 2.34. The van der Waals surface area contributed by atoms with Crippen molar-refractivity contribution in [3.63, 3.8) is 0 Å². The number of amides is 3. The second-order valence-electron chi connectivity index (χ2n) is 7.30. The minimum absolute atomic E-state index is 0.117. The number of benzene rings is 3. The maximum Gasteiger partial charge on any atom is 0.293 e. The molecule has 0 unspecified atom stereocenters. The molecule has 0 atom stereocenters. The molecule has 3 aromatic rings. The van der Waals surface area contributed by atoms with E-state index in [2.05, 4.69) is 5.32 Å². The van der Waals surface area contributed by atoms with Crippen LogP contribution in [0, 0.1) is 0 Å². The van der Waals surface area contributed by atoms with E-state index in [1.165, 1.54) is 0 Å². The molecule has 0 spiro atoms. The van der Waals surface area contributed by atoms with Crippen LogP contribution in [0.25, 0.3) is 6.08 Å². The van der Waals surface area contributed by atoms with Gasteiger partial charge in [0.05, 0.1) is 4.91 Å². The van der Waals surface area contributed by atoms with Gasteiger partial charge in [-0.25, -0.2) is 0 Å². The summed E-state index contributed by atoms with van der Waals surface area (Å²) in [5.74, 6) is 0.174. The summed E-state index contributed by atoms with van der Waals surface area (Å²) in [6, 6.07) is 26.0. The van der Waals surface area contributed by atoms with E-state index >= 15 is 0 Å². The molecule has 0 bridgehead atoms. The summed E-state index contributed by atoms with van der Waals surface area (Å²) < 4.78 is 5.70. The Morgan fingerprint density at radius 3 is 2.27 bits per heavy atom. The summed E-state index contributed by atoms with van der Waals surface area (Å²) in [5.41, 5.74) is 2.30. The van der Waals surface area contributed by atoms with E-state index in [4.69, 9.17) is 4.74 Å². The third-order valence-corrected chi connectivity index (χ3v) is 5.86. The SMILES string of the molecule is O=C(NCCN1C(=O)SC(=Cc2ccccc2)C1=O)c1ccc(COc2ccccc2)cc1. The molecule has 7 heteroatoms. The number of thioether (sulfide) groups is 1. The second-order valence-corrected chi connectivity index (χ2v) is 8.29. The molecule has 33 heavy (non-hydrogen) atoms. The van der Waals surface area contributed by atoms with Crippen LogP contribution in [0.4, 0.5) is 4.79 Å². The summed E-state index contributed by atoms with van der Waals surface area (Å²) >= 11 is 0.910. The molecule has 4 rings (SSSR count). The molecule has 1 saturated heterocycles. The third-order valence-electron chi connectivity index (χ3n) is 4.96. The number of rotatable bonds is 8. The summed E-state index contributed by atoms with van der Waals surface area (Å²) in [4.78, 5) is 38.8. The Labute approximate surface area is 196 Å². The van der Waals surface area contributed by atoms with Gasteiger partial charge in [-0.3, -0.25) is 19.3 Å².